The molecule has 3 aliphatic rings. The van der Waals surface area contributed by atoms with Gasteiger partial charge < -0.3 is 0 Å². The largest absolute Gasteiger partial charge is 0.274 e. The molecule has 1 aromatic rings. The van der Waals surface area contributed by atoms with E-state index >= 15 is 0 Å². The summed E-state index contributed by atoms with van der Waals surface area (Å²) in [7, 11) is 0. The number of carbonyl (C=O) groups is 2. The van der Waals surface area contributed by atoms with Crippen LogP contribution in [0.1, 0.15) is 38.2 Å². The molecule has 0 radical (unpaired) electrons. The van der Waals surface area contributed by atoms with Crippen molar-refractivity contribution in [2.45, 2.75) is 39.0 Å². The first-order valence-electron chi connectivity index (χ1n) is 8.17. The van der Waals surface area contributed by atoms with Gasteiger partial charge in [-0.3, -0.25) is 14.5 Å². The molecule has 0 N–H and O–H groups in total. The fraction of sp³-hybridized carbons (Fsp3) is 0.556. The minimum Gasteiger partial charge on any atom is -0.274 e. The molecule has 0 unspecified atom stereocenters. The van der Waals surface area contributed by atoms with Crippen LogP contribution >= 0.6 is 0 Å². The number of fused-ring (bicyclic) bond motifs is 5. The van der Waals surface area contributed by atoms with Gasteiger partial charge in [0.05, 0.1) is 17.5 Å². The van der Waals surface area contributed by atoms with Crippen molar-refractivity contribution >= 4 is 17.5 Å². The van der Waals surface area contributed by atoms with E-state index in [0.717, 1.165) is 37.8 Å². The first-order valence-corrected chi connectivity index (χ1v) is 8.17. The molecule has 2 saturated carbocycles. The van der Waals surface area contributed by atoms with E-state index in [1.807, 2.05) is 24.3 Å². The maximum atomic E-state index is 12.7. The summed E-state index contributed by atoms with van der Waals surface area (Å²) in [5.41, 5.74) is 2.03. The second-order valence-corrected chi connectivity index (χ2v) is 6.81. The van der Waals surface area contributed by atoms with Crippen LogP contribution in [0.2, 0.25) is 0 Å². The Morgan fingerprint density at radius 3 is 2.10 bits per heavy atom. The van der Waals surface area contributed by atoms with Crippen LogP contribution in [0.15, 0.2) is 24.3 Å². The summed E-state index contributed by atoms with van der Waals surface area (Å²) < 4.78 is 0. The number of aryl methyl sites for hydroxylation is 1. The number of carbonyl (C=O) groups excluding carboxylic acids is 2. The average Bonchev–Trinajstić information content (AvgIpc) is 3.15. The molecule has 4 atom stereocenters. The first-order chi connectivity index (χ1) is 10.2. The van der Waals surface area contributed by atoms with Crippen molar-refractivity contribution in [3.8, 4) is 0 Å². The molecule has 1 aromatic carbocycles. The number of imide groups is 1. The summed E-state index contributed by atoms with van der Waals surface area (Å²) >= 11 is 0. The topological polar surface area (TPSA) is 37.4 Å². The summed E-state index contributed by atoms with van der Waals surface area (Å²) in [6, 6.07) is 7.96. The lowest BCUT2D eigenvalue weighted by Crippen LogP contribution is -2.32. The van der Waals surface area contributed by atoms with Gasteiger partial charge in [0.15, 0.2) is 0 Å². The normalized spacial score (nSPS) is 33.9. The van der Waals surface area contributed by atoms with E-state index in [9.17, 15) is 9.59 Å². The summed E-state index contributed by atoms with van der Waals surface area (Å²) in [6.45, 7) is 2.15. The zero-order valence-corrected chi connectivity index (χ0v) is 12.4. The summed E-state index contributed by atoms with van der Waals surface area (Å²) in [5, 5.41) is 0. The van der Waals surface area contributed by atoms with E-state index in [-0.39, 0.29) is 23.7 Å². The van der Waals surface area contributed by atoms with Crippen molar-refractivity contribution in [3.63, 3.8) is 0 Å². The quantitative estimate of drug-likeness (QED) is 0.799. The van der Waals surface area contributed by atoms with Gasteiger partial charge in [0, 0.05) is 0 Å². The highest BCUT2D eigenvalue weighted by molar-refractivity contribution is 6.22. The predicted octanol–water partition coefficient (Wildman–Crippen LogP) is 3.17. The van der Waals surface area contributed by atoms with Gasteiger partial charge in [-0.15, -0.1) is 0 Å². The summed E-state index contributed by atoms with van der Waals surface area (Å²) in [5.74, 6) is 0.987. The summed E-state index contributed by atoms with van der Waals surface area (Å²) in [4.78, 5) is 26.9. The highest BCUT2D eigenvalue weighted by atomic mass is 16.2. The van der Waals surface area contributed by atoms with Crippen molar-refractivity contribution in [2.24, 2.45) is 23.7 Å². The van der Waals surface area contributed by atoms with Crippen LogP contribution in [0.5, 0.6) is 0 Å². The van der Waals surface area contributed by atoms with Gasteiger partial charge in [-0.05, 0) is 55.2 Å². The van der Waals surface area contributed by atoms with Gasteiger partial charge in [-0.25, -0.2) is 0 Å². The SMILES string of the molecule is CCCc1ccc(N2C(=O)[C@@H]3[C@@H]4CC[C@@H](C4)[C@@H]3C2=O)cc1. The van der Waals surface area contributed by atoms with Crippen LogP contribution < -0.4 is 4.90 Å². The average molecular weight is 283 g/mol. The molecule has 1 saturated heterocycles. The van der Waals surface area contributed by atoms with Crippen molar-refractivity contribution in [1.82, 2.24) is 0 Å². The van der Waals surface area contributed by atoms with Gasteiger partial charge in [0.25, 0.3) is 0 Å². The third-order valence-corrected chi connectivity index (χ3v) is 5.66. The van der Waals surface area contributed by atoms with Crippen molar-refractivity contribution < 1.29 is 9.59 Å². The highest BCUT2D eigenvalue weighted by Crippen LogP contribution is 2.56. The molecule has 110 valence electrons. The molecular formula is C18H21NO2. The summed E-state index contributed by atoms with van der Waals surface area (Å²) in [6.07, 6.45) is 5.50. The molecule has 2 aliphatic carbocycles. The molecule has 2 bridgehead atoms. The number of rotatable bonds is 3. The van der Waals surface area contributed by atoms with E-state index in [1.54, 1.807) is 0 Å². The Bertz CT molecular complexity index is 564. The lowest BCUT2D eigenvalue weighted by Gasteiger charge is -2.19. The second kappa shape index (κ2) is 4.69. The number of benzene rings is 1. The predicted molar refractivity (Wildman–Crippen MR) is 80.7 cm³/mol. The second-order valence-electron chi connectivity index (χ2n) is 6.81. The Morgan fingerprint density at radius 2 is 1.57 bits per heavy atom. The van der Waals surface area contributed by atoms with E-state index in [0.29, 0.717) is 11.8 Å². The lowest BCUT2D eigenvalue weighted by atomic mass is 9.81. The van der Waals surface area contributed by atoms with Gasteiger partial charge >= 0.3 is 0 Å². The fourth-order valence-electron chi connectivity index (χ4n) is 4.76. The molecule has 2 amide bonds. The van der Waals surface area contributed by atoms with Crippen LogP contribution in [-0.2, 0) is 16.0 Å². The number of hydrogen-bond donors (Lipinski definition) is 0. The van der Waals surface area contributed by atoms with E-state index < -0.39 is 0 Å². The van der Waals surface area contributed by atoms with Crippen LogP contribution in [0.3, 0.4) is 0 Å². The molecule has 0 aromatic heterocycles. The van der Waals surface area contributed by atoms with Crippen LogP contribution in [0.4, 0.5) is 5.69 Å². The standard InChI is InChI=1S/C18H21NO2/c1-2-3-11-4-8-14(9-5-11)19-17(20)15-12-6-7-13(10-12)16(15)18(19)21/h4-5,8-9,12-13,15-16H,2-3,6-7,10H2,1H3/t12-,13+,15-,16+. The highest BCUT2D eigenvalue weighted by Gasteiger charge is 2.61. The minimum absolute atomic E-state index is 0.0217. The van der Waals surface area contributed by atoms with Crippen LogP contribution in [0, 0.1) is 23.7 Å². The maximum Gasteiger partial charge on any atom is 0.237 e. The smallest absolute Gasteiger partial charge is 0.237 e. The Balaban J connectivity index is 1.64. The Kier molecular flexibility index (Phi) is 2.91. The van der Waals surface area contributed by atoms with Gasteiger partial charge in [0.2, 0.25) is 11.8 Å². The van der Waals surface area contributed by atoms with Crippen molar-refractivity contribution in [1.29, 1.82) is 0 Å². The van der Waals surface area contributed by atoms with Gasteiger partial charge in [0.1, 0.15) is 0 Å². The number of amides is 2. The number of hydrogen-bond acceptors (Lipinski definition) is 2. The Labute approximate surface area is 125 Å². The molecular weight excluding hydrogens is 262 g/mol. The van der Waals surface area contributed by atoms with E-state index in [4.69, 9.17) is 0 Å². The van der Waals surface area contributed by atoms with Crippen molar-refractivity contribution in [3.05, 3.63) is 29.8 Å². The van der Waals surface area contributed by atoms with Crippen LogP contribution in [0.25, 0.3) is 0 Å². The van der Waals surface area contributed by atoms with E-state index in [1.165, 1.54) is 10.5 Å². The third-order valence-electron chi connectivity index (χ3n) is 5.66. The van der Waals surface area contributed by atoms with Gasteiger partial charge in [-0.1, -0.05) is 25.5 Å². The molecule has 4 rings (SSSR count). The van der Waals surface area contributed by atoms with Crippen molar-refractivity contribution in [2.75, 3.05) is 4.90 Å². The van der Waals surface area contributed by atoms with Gasteiger partial charge in [-0.2, -0.15) is 0 Å². The third kappa shape index (κ3) is 1.79. The molecule has 1 heterocycles. The zero-order chi connectivity index (χ0) is 14.6. The minimum atomic E-state index is -0.0217. The molecule has 0 spiro atoms. The monoisotopic (exact) mass is 283 g/mol. The maximum absolute atomic E-state index is 12.7. The van der Waals surface area contributed by atoms with Crippen LogP contribution in [-0.4, -0.2) is 11.8 Å². The molecule has 3 heteroatoms. The Morgan fingerprint density at radius 1 is 1.00 bits per heavy atom. The molecule has 1 aliphatic heterocycles. The molecule has 3 nitrogen and oxygen atoms in total. The fourth-order valence-corrected chi connectivity index (χ4v) is 4.76. The molecule has 3 fully saturated rings. The number of nitrogens with zero attached hydrogens (tertiary/aromatic N) is 1. The Hall–Kier alpha value is -1.64. The lowest BCUT2D eigenvalue weighted by molar-refractivity contribution is -0.123. The first kappa shape index (κ1) is 13.1. The molecule has 21 heavy (non-hydrogen) atoms. The number of anilines is 1. The van der Waals surface area contributed by atoms with E-state index in [2.05, 4.69) is 6.92 Å². The zero-order valence-electron chi connectivity index (χ0n) is 12.4.